The van der Waals surface area contributed by atoms with E-state index in [1.54, 1.807) is 18.9 Å². The summed E-state index contributed by atoms with van der Waals surface area (Å²) in [6, 6.07) is 8.27. The molecule has 2 heterocycles. The summed E-state index contributed by atoms with van der Waals surface area (Å²) in [6.45, 7) is 0. The molecule has 4 rings (SSSR count). The first kappa shape index (κ1) is 14.6. The zero-order chi connectivity index (χ0) is 16.4. The van der Waals surface area contributed by atoms with Crippen LogP contribution in [0.4, 0.5) is 5.69 Å². The molecule has 0 saturated heterocycles. The molecule has 7 nitrogen and oxygen atoms in total. The number of rotatable bonds is 5. The van der Waals surface area contributed by atoms with Gasteiger partial charge in [0.05, 0.1) is 24.3 Å². The number of aromatic nitrogens is 5. The van der Waals surface area contributed by atoms with Crippen molar-refractivity contribution >= 4 is 11.6 Å². The second kappa shape index (κ2) is 6.27. The van der Waals surface area contributed by atoms with Crippen LogP contribution in [0.2, 0.25) is 0 Å². The quantitative estimate of drug-likeness (QED) is 0.782. The molecule has 0 aliphatic heterocycles. The lowest BCUT2D eigenvalue weighted by atomic mass is 9.93. The number of hydrogen-bond acceptors (Lipinski definition) is 4. The van der Waals surface area contributed by atoms with Crippen LogP contribution in [0, 0.1) is 0 Å². The summed E-state index contributed by atoms with van der Waals surface area (Å²) in [5, 5.41) is 14.8. The van der Waals surface area contributed by atoms with Crippen LogP contribution in [0.5, 0.6) is 0 Å². The van der Waals surface area contributed by atoms with Crippen LogP contribution in [-0.4, -0.2) is 30.5 Å². The molecule has 1 aliphatic carbocycles. The Morgan fingerprint density at radius 2 is 1.92 bits per heavy atom. The number of nitrogens with one attached hydrogen (secondary N) is 1. The minimum atomic E-state index is -0.0415. The first-order chi connectivity index (χ1) is 11.8. The molecular weight excluding hydrogens is 304 g/mol. The van der Waals surface area contributed by atoms with E-state index < -0.39 is 0 Å². The SMILES string of the molecule is O=C(Cc1ccc(-n2cnnc2)cc1)Nc1cnn(C2CCC2)c1. The monoisotopic (exact) mass is 322 g/mol. The molecule has 0 radical (unpaired) electrons. The van der Waals surface area contributed by atoms with Crippen LogP contribution in [0.15, 0.2) is 49.3 Å². The van der Waals surface area contributed by atoms with Crippen LogP contribution < -0.4 is 5.32 Å². The Morgan fingerprint density at radius 1 is 1.17 bits per heavy atom. The van der Waals surface area contributed by atoms with E-state index in [1.165, 1.54) is 19.3 Å². The highest BCUT2D eigenvalue weighted by Crippen LogP contribution is 2.31. The second-order valence-electron chi connectivity index (χ2n) is 6.05. The van der Waals surface area contributed by atoms with E-state index in [0.29, 0.717) is 12.5 Å². The fraction of sp³-hybridized carbons (Fsp3) is 0.294. The van der Waals surface area contributed by atoms with Gasteiger partial charge in [0.2, 0.25) is 5.91 Å². The number of hydrogen-bond donors (Lipinski definition) is 1. The Kier molecular flexibility index (Phi) is 3.82. The molecule has 7 heteroatoms. The van der Waals surface area contributed by atoms with Crippen LogP contribution in [0.1, 0.15) is 30.9 Å². The van der Waals surface area contributed by atoms with Crippen molar-refractivity contribution < 1.29 is 4.79 Å². The van der Waals surface area contributed by atoms with Gasteiger partial charge in [0.25, 0.3) is 0 Å². The van der Waals surface area contributed by atoms with Crippen molar-refractivity contribution in [2.24, 2.45) is 0 Å². The van der Waals surface area contributed by atoms with Gasteiger partial charge in [-0.2, -0.15) is 5.10 Å². The minimum Gasteiger partial charge on any atom is -0.323 e. The molecular formula is C17H18N6O. The average molecular weight is 322 g/mol. The lowest BCUT2D eigenvalue weighted by Gasteiger charge is -2.25. The number of carbonyl (C=O) groups is 1. The van der Waals surface area contributed by atoms with Crippen molar-refractivity contribution in [1.29, 1.82) is 0 Å². The summed E-state index contributed by atoms with van der Waals surface area (Å²) in [5.74, 6) is -0.0415. The number of carbonyl (C=O) groups excluding carboxylic acids is 1. The van der Waals surface area contributed by atoms with Gasteiger partial charge in [-0.1, -0.05) is 12.1 Å². The smallest absolute Gasteiger partial charge is 0.228 e. The molecule has 3 aromatic rings. The molecule has 2 aromatic heterocycles. The van der Waals surface area contributed by atoms with Crippen molar-refractivity contribution in [3.8, 4) is 5.69 Å². The van der Waals surface area contributed by atoms with Crippen LogP contribution in [-0.2, 0) is 11.2 Å². The Bertz CT molecular complexity index is 817. The van der Waals surface area contributed by atoms with Gasteiger partial charge in [0, 0.05) is 11.9 Å². The fourth-order valence-corrected chi connectivity index (χ4v) is 2.76. The van der Waals surface area contributed by atoms with Crippen molar-refractivity contribution in [2.75, 3.05) is 5.32 Å². The Morgan fingerprint density at radius 3 is 2.58 bits per heavy atom. The highest BCUT2D eigenvalue weighted by molar-refractivity contribution is 5.92. The summed E-state index contributed by atoms with van der Waals surface area (Å²) in [4.78, 5) is 12.2. The highest BCUT2D eigenvalue weighted by atomic mass is 16.1. The first-order valence-corrected chi connectivity index (χ1v) is 8.06. The van der Waals surface area contributed by atoms with Crippen molar-refractivity contribution in [3.05, 3.63) is 54.9 Å². The number of anilines is 1. The molecule has 1 fully saturated rings. The number of nitrogens with zero attached hydrogens (tertiary/aromatic N) is 5. The molecule has 0 unspecified atom stereocenters. The lowest BCUT2D eigenvalue weighted by Crippen LogP contribution is -2.17. The summed E-state index contributed by atoms with van der Waals surface area (Å²) < 4.78 is 3.77. The average Bonchev–Trinajstić information content (AvgIpc) is 3.18. The predicted octanol–water partition coefficient (Wildman–Crippen LogP) is 2.37. The Balaban J connectivity index is 1.36. The molecule has 1 amide bonds. The zero-order valence-corrected chi connectivity index (χ0v) is 13.2. The largest absolute Gasteiger partial charge is 0.323 e. The zero-order valence-electron chi connectivity index (χ0n) is 13.2. The number of benzene rings is 1. The molecule has 1 aliphatic rings. The summed E-state index contributed by atoms with van der Waals surface area (Å²) in [5.41, 5.74) is 2.68. The van der Waals surface area contributed by atoms with E-state index in [4.69, 9.17) is 0 Å². The molecule has 1 saturated carbocycles. The van der Waals surface area contributed by atoms with Crippen molar-refractivity contribution in [3.63, 3.8) is 0 Å². The third-order valence-corrected chi connectivity index (χ3v) is 4.35. The predicted molar refractivity (Wildman–Crippen MR) is 88.8 cm³/mol. The normalized spacial score (nSPS) is 14.3. The van der Waals surface area contributed by atoms with E-state index in [9.17, 15) is 4.79 Å². The maximum Gasteiger partial charge on any atom is 0.228 e. The van der Waals surface area contributed by atoms with E-state index in [0.717, 1.165) is 16.9 Å². The van der Waals surface area contributed by atoms with E-state index in [1.807, 2.05) is 39.7 Å². The Hall–Kier alpha value is -2.96. The standard InChI is InChI=1S/C17H18N6O/c24-17(21-14-9-20-23(10-14)16-2-1-3-16)8-13-4-6-15(7-5-13)22-11-18-19-12-22/h4-7,9-12,16H,1-3,8H2,(H,21,24). The van der Waals surface area contributed by atoms with Crippen molar-refractivity contribution in [1.82, 2.24) is 24.5 Å². The lowest BCUT2D eigenvalue weighted by molar-refractivity contribution is -0.115. The third-order valence-electron chi connectivity index (χ3n) is 4.35. The summed E-state index contributed by atoms with van der Waals surface area (Å²) in [7, 11) is 0. The van der Waals surface area contributed by atoms with Gasteiger partial charge in [-0.05, 0) is 37.0 Å². The van der Waals surface area contributed by atoms with Gasteiger partial charge in [-0.15, -0.1) is 10.2 Å². The number of amides is 1. The van der Waals surface area contributed by atoms with Crippen LogP contribution >= 0.6 is 0 Å². The van der Waals surface area contributed by atoms with Gasteiger partial charge in [0.15, 0.2) is 0 Å². The topological polar surface area (TPSA) is 77.6 Å². The molecule has 1 N–H and O–H groups in total. The second-order valence-corrected chi connectivity index (χ2v) is 6.05. The van der Waals surface area contributed by atoms with Gasteiger partial charge < -0.3 is 5.32 Å². The van der Waals surface area contributed by atoms with Crippen molar-refractivity contribution in [2.45, 2.75) is 31.7 Å². The Labute approximate surface area is 139 Å². The van der Waals surface area contributed by atoms with Crippen LogP contribution in [0.3, 0.4) is 0 Å². The minimum absolute atomic E-state index is 0.0415. The van der Waals surface area contributed by atoms with E-state index in [2.05, 4.69) is 20.6 Å². The first-order valence-electron chi connectivity index (χ1n) is 8.06. The third kappa shape index (κ3) is 3.05. The summed E-state index contributed by atoms with van der Waals surface area (Å²) >= 11 is 0. The van der Waals surface area contributed by atoms with Gasteiger partial charge in [0.1, 0.15) is 12.7 Å². The van der Waals surface area contributed by atoms with Gasteiger partial charge in [-0.25, -0.2) is 0 Å². The maximum absolute atomic E-state index is 12.2. The highest BCUT2D eigenvalue weighted by Gasteiger charge is 2.20. The molecule has 24 heavy (non-hydrogen) atoms. The van der Waals surface area contributed by atoms with E-state index in [-0.39, 0.29) is 5.91 Å². The van der Waals surface area contributed by atoms with Gasteiger partial charge in [-0.3, -0.25) is 14.0 Å². The van der Waals surface area contributed by atoms with Crippen LogP contribution in [0.25, 0.3) is 5.69 Å². The molecule has 122 valence electrons. The van der Waals surface area contributed by atoms with Gasteiger partial charge >= 0.3 is 0 Å². The summed E-state index contributed by atoms with van der Waals surface area (Å²) in [6.07, 6.45) is 10.8. The maximum atomic E-state index is 12.2. The molecule has 0 spiro atoms. The molecule has 0 atom stereocenters. The molecule has 0 bridgehead atoms. The fourth-order valence-electron chi connectivity index (χ4n) is 2.76. The van der Waals surface area contributed by atoms with E-state index >= 15 is 0 Å². The molecule has 1 aromatic carbocycles.